The van der Waals surface area contributed by atoms with E-state index < -0.39 is 0 Å². The second kappa shape index (κ2) is 7.59. The lowest BCUT2D eigenvalue weighted by Gasteiger charge is -2.14. The van der Waals surface area contributed by atoms with Crippen LogP contribution in [-0.4, -0.2) is 22.6 Å². The predicted molar refractivity (Wildman–Crippen MR) is 90.6 cm³/mol. The zero-order chi connectivity index (χ0) is 15.2. The lowest BCUT2D eigenvalue weighted by Crippen LogP contribution is -2.13. The van der Waals surface area contributed by atoms with Crippen LogP contribution in [0.15, 0.2) is 6.07 Å². The number of thiophene rings is 1. The zero-order valence-corrected chi connectivity index (χ0v) is 14.2. The fraction of sp³-hybridized carbons (Fsp3) is 0.625. The molecule has 2 aromatic rings. The van der Waals surface area contributed by atoms with Gasteiger partial charge >= 0.3 is 0 Å². The monoisotopic (exact) mass is 307 g/mol. The summed E-state index contributed by atoms with van der Waals surface area (Å²) in [5.74, 6) is 1.39. The van der Waals surface area contributed by atoms with Crippen LogP contribution in [-0.2, 0) is 6.42 Å². The quantitative estimate of drug-likeness (QED) is 0.771. The number of nitrogens with zero attached hydrogens (tertiary/aromatic N) is 2. The minimum atomic E-state index is 0.178. The highest BCUT2D eigenvalue weighted by molar-refractivity contribution is 7.18. The highest BCUT2D eigenvalue weighted by Crippen LogP contribution is 2.32. The van der Waals surface area contributed by atoms with Gasteiger partial charge in [0.1, 0.15) is 4.83 Å². The number of rotatable bonds is 8. The van der Waals surface area contributed by atoms with Gasteiger partial charge < -0.3 is 10.1 Å². The summed E-state index contributed by atoms with van der Waals surface area (Å²) in [5.41, 5.74) is 0. The summed E-state index contributed by atoms with van der Waals surface area (Å²) < 4.78 is 6.06. The van der Waals surface area contributed by atoms with Gasteiger partial charge in [0, 0.05) is 11.4 Å². The van der Waals surface area contributed by atoms with E-state index in [1.165, 1.54) is 4.88 Å². The van der Waals surface area contributed by atoms with Crippen LogP contribution in [0.1, 0.15) is 51.8 Å². The maximum absolute atomic E-state index is 6.06. The number of aromatic nitrogens is 2. The van der Waals surface area contributed by atoms with Crippen molar-refractivity contribution < 1.29 is 4.74 Å². The van der Waals surface area contributed by atoms with E-state index in [0.29, 0.717) is 5.95 Å². The molecule has 0 aliphatic heterocycles. The molecule has 0 bridgehead atoms. The van der Waals surface area contributed by atoms with E-state index in [2.05, 4.69) is 49.0 Å². The van der Waals surface area contributed by atoms with Gasteiger partial charge in [-0.25, -0.2) is 4.98 Å². The molecule has 2 rings (SSSR count). The normalized spacial score (nSPS) is 12.6. The van der Waals surface area contributed by atoms with Gasteiger partial charge in [0.15, 0.2) is 0 Å². The summed E-state index contributed by atoms with van der Waals surface area (Å²) in [6, 6.07) is 2.16. The number of hydrogen-bond donors (Lipinski definition) is 1. The Balaban J connectivity index is 2.35. The highest BCUT2D eigenvalue weighted by atomic mass is 32.1. The molecule has 0 saturated heterocycles. The van der Waals surface area contributed by atoms with Crippen LogP contribution < -0.4 is 10.1 Å². The molecule has 0 radical (unpaired) electrons. The van der Waals surface area contributed by atoms with Crippen molar-refractivity contribution in [2.24, 2.45) is 0 Å². The summed E-state index contributed by atoms with van der Waals surface area (Å²) in [7, 11) is 0. The van der Waals surface area contributed by atoms with Gasteiger partial charge in [-0.05, 0) is 32.3 Å². The first-order valence-electron chi connectivity index (χ1n) is 7.88. The van der Waals surface area contributed by atoms with Crippen molar-refractivity contribution in [3.63, 3.8) is 0 Å². The van der Waals surface area contributed by atoms with Crippen LogP contribution in [0.5, 0.6) is 5.88 Å². The second-order valence-corrected chi connectivity index (χ2v) is 6.40. The largest absolute Gasteiger partial charge is 0.474 e. The van der Waals surface area contributed by atoms with Crippen molar-refractivity contribution in [2.75, 3.05) is 11.9 Å². The van der Waals surface area contributed by atoms with Crippen molar-refractivity contribution in [1.29, 1.82) is 0 Å². The van der Waals surface area contributed by atoms with Gasteiger partial charge in [0.05, 0.1) is 11.5 Å². The number of hydrogen-bond acceptors (Lipinski definition) is 5. The number of fused-ring (bicyclic) bond motifs is 1. The molecule has 1 N–H and O–H groups in total. The van der Waals surface area contributed by atoms with Crippen LogP contribution in [0.2, 0.25) is 0 Å². The first-order valence-corrected chi connectivity index (χ1v) is 8.70. The minimum Gasteiger partial charge on any atom is -0.474 e. The lowest BCUT2D eigenvalue weighted by atomic mass is 10.2. The smallest absolute Gasteiger partial charge is 0.227 e. The third-order valence-electron chi connectivity index (χ3n) is 3.30. The van der Waals surface area contributed by atoms with Gasteiger partial charge in [-0.15, -0.1) is 11.3 Å². The molecule has 0 aromatic carbocycles. The van der Waals surface area contributed by atoms with Crippen LogP contribution >= 0.6 is 11.3 Å². The molecule has 1 atom stereocenters. The average molecular weight is 307 g/mol. The summed E-state index contributed by atoms with van der Waals surface area (Å²) in [6.45, 7) is 9.44. The van der Waals surface area contributed by atoms with E-state index in [4.69, 9.17) is 4.74 Å². The van der Waals surface area contributed by atoms with Crippen LogP contribution in [0, 0.1) is 0 Å². The fourth-order valence-corrected chi connectivity index (χ4v) is 3.14. The Kier molecular flexibility index (Phi) is 5.79. The molecule has 0 fully saturated rings. The SMILES string of the molecule is CCCNc1nc(OC(C)CCC)c2cc(CC)sc2n1. The van der Waals surface area contributed by atoms with Crippen molar-refractivity contribution in [2.45, 2.75) is 59.5 Å². The van der Waals surface area contributed by atoms with E-state index in [1.54, 1.807) is 11.3 Å². The highest BCUT2D eigenvalue weighted by Gasteiger charge is 2.14. The van der Waals surface area contributed by atoms with Gasteiger partial charge in [-0.3, -0.25) is 0 Å². The van der Waals surface area contributed by atoms with E-state index in [0.717, 1.165) is 48.3 Å². The van der Waals surface area contributed by atoms with Gasteiger partial charge in [-0.2, -0.15) is 4.98 Å². The minimum absolute atomic E-state index is 0.178. The molecule has 21 heavy (non-hydrogen) atoms. The first kappa shape index (κ1) is 16.0. The van der Waals surface area contributed by atoms with Crippen molar-refractivity contribution in [3.05, 3.63) is 10.9 Å². The van der Waals surface area contributed by atoms with Gasteiger partial charge in [-0.1, -0.05) is 27.2 Å². The predicted octanol–water partition coefficient (Wildman–Crippen LogP) is 4.64. The van der Waals surface area contributed by atoms with Crippen LogP contribution in [0.3, 0.4) is 0 Å². The molecule has 0 saturated carbocycles. The van der Waals surface area contributed by atoms with Crippen molar-refractivity contribution in [3.8, 4) is 5.88 Å². The molecular formula is C16H25N3OS. The third-order valence-corrected chi connectivity index (χ3v) is 4.47. The average Bonchev–Trinajstić information content (AvgIpc) is 2.88. The molecule has 116 valence electrons. The van der Waals surface area contributed by atoms with Gasteiger partial charge in [0.25, 0.3) is 0 Å². The fourth-order valence-electron chi connectivity index (χ4n) is 2.18. The molecule has 4 nitrogen and oxygen atoms in total. The topological polar surface area (TPSA) is 47.0 Å². The molecular weight excluding hydrogens is 282 g/mol. The Morgan fingerprint density at radius 2 is 2.05 bits per heavy atom. The van der Waals surface area contributed by atoms with E-state index in [-0.39, 0.29) is 6.10 Å². The van der Waals surface area contributed by atoms with Crippen molar-refractivity contribution >= 4 is 27.5 Å². The Hall–Kier alpha value is -1.36. The maximum Gasteiger partial charge on any atom is 0.227 e. The number of anilines is 1. The molecule has 2 heterocycles. The van der Waals surface area contributed by atoms with E-state index in [9.17, 15) is 0 Å². The summed E-state index contributed by atoms with van der Waals surface area (Å²) in [4.78, 5) is 11.5. The molecule has 5 heteroatoms. The Labute approximate surface area is 131 Å². The molecule has 0 amide bonds. The van der Waals surface area contributed by atoms with Crippen molar-refractivity contribution in [1.82, 2.24) is 9.97 Å². The molecule has 0 aliphatic carbocycles. The van der Waals surface area contributed by atoms with Gasteiger partial charge in [0.2, 0.25) is 11.8 Å². The van der Waals surface area contributed by atoms with E-state index in [1.807, 2.05) is 0 Å². The maximum atomic E-state index is 6.06. The molecule has 2 aromatic heterocycles. The molecule has 1 unspecified atom stereocenters. The summed E-state index contributed by atoms with van der Waals surface area (Å²) in [6.07, 6.45) is 4.39. The number of ether oxygens (including phenoxy) is 1. The number of aryl methyl sites for hydroxylation is 1. The standard InChI is InChI=1S/C16H25N3OS/c1-5-8-11(4)20-14-13-10-12(7-3)21-15(13)19-16(18-14)17-9-6-2/h10-11H,5-9H2,1-4H3,(H,17,18,19). The van der Waals surface area contributed by atoms with Crippen LogP contribution in [0.4, 0.5) is 5.95 Å². The summed E-state index contributed by atoms with van der Waals surface area (Å²) >= 11 is 1.73. The Bertz CT molecular complexity index is 582. The zero-order valence-electron chi connectivity index (χ0n) is 13.4. The first-order chi connectivity index (χ1) is 10.2. The Morgan fingerprint density at radius 3 is 2.71 bits per heavy atom. The second-order valence-electron chi connectivity index (χ2n) is 5.28. The molecule has 0 aliphatic rings. The Morgan fingerprint density at radius 1 is 1.24 bits per heavy atom. The summed E-state index contributed by atoms with van der Waals surface area (Å²) in [5, 5.41) is 4.31. The third kappa shape index (κ3) is 4.06. The lowest BCUT2D eigenvalue weighted by molar-refractivity contribution is 0.204. The molecule has 0 spiro atoms. The number of nitrogens with one attached hydrogen (secondary N) is 1. The van der Waals surface area contributed by atoms with E-state index >= 15 is 0 Å². The van der Waals surface area contributed by atoms with Crippen LogP contribution in [0.25, 0.3) is 10.2 Å².